The van der Waals surface area contributed by atoms with E-state index < -0.39 is 0 Å². The molecule has 1 saturated heterocycles. The van der Waals surface area contributed by atoms with Gasteiger partial charge in [0.25, 0.3) is 6.01 Å². The second kappa shape index (κ2) is 13.1. The summed E-state index contributed by atoms with van der Waals surface area (Å²) < 4.78 is 5.96. The number of benzene rings is 3. The first-order chi connectivity index (χ1) is 19.9. The van der Waals surface area contributed by atoms with Gasteiger partial charge in [-0.05, 0) is 66.3 Å². The first kappa shape index (κ1) is 28.5. The summed E-state index contributed by atoms with van der Waals surface area (Å²) in [6.45, 7) is 8.10. The zero-order valence-corrected chi connectivity index (χ0v) is 24.5. The van der Waals surface area contributed by atoms with Crippen molar-refractivity contribution in [3.8, 4) is 11.1 Å². The lowest BCUT2D eigenvalue weighted by Crippen LogP contribution is -2.34. The van der Waals surface area contributed by atoms with E-state index in [1.54, 1.807) is 0 Å². The number of carbonyl (C=O) groups is 2. The molecular formula is C36H40N2O3. The molecule has 1 aliphatic rings. The van der Waals surface area contributed by atoms with E-state index >= 15 is 0 Å². The molecule has 0 aliphatic carbocycles. The Labute approximate surface area is 243 Å². The fraction of sp³-hybridized carbons (Fsp3) is 0.361. The molecular weight excluding hydrogens is 508 g/mol. The van der Waals surface area contributed by atoms with Crippen LogP contribution in [-0.4, -0.2) is 29.6 Å². The number of hydrogen-bond donors (Lipinski definition) is 0. The third-order valence-electron chi connectivity index (χ3n) is 8.09. The molecule has 5 rings (SSSR count). The number of nitrogens with zero attached hydrogens (tertiary/aromatic N) is 2. The largest absolute Gasteiger partial charge is 0.420 e. The fourth-order valence-corrected chi connectivity index (χ4v) is 5.68. The van der Waals surface area contributed by atoms with Crippen LogP contribution in [0.2, 0.25) is 0 Å². The molecule has 0 amide bonds. The molecule has 0 bridgehead atoms. The number of carbonyl (C=O) groups excluding carboxylic acids is 2. The van der Waals surface area contributed by atoms with Gasteiger partial charge in [0, 0.05) is 31.5 Å². The van der Waals surface area contributed by atoms with Crippen LogP contribution in [-0.2, 0) is 19.3 Å². The van der Waals surface area contributed by atoms with Crippen molar-refractivity contribution in [2.24, 2.45) is 5.92 Å². The number of hydrogen-bond acceptors (Lipinski definition) is 5. The Morgan fingerprint density at radius 3 is 2.27 bits per heavy atom. The second-order valence-electron chi connectivity index (χ2n) is 11.5. The van der Waals surface area contributed by atoms with E-state index in [9.17, 15) is 9.59 Å². The lowest BCUT2D eigenvalue weighted by molar-refractivity contribution is 0.0964. The van der Waals surface area contributed by atoms with Gasteiger partial charge in [-0.1, -0.05) is 93.1 Å². The zero-order valence-electron chi connectivity index (χ0n) is 24.5. The molecule has 0 spiro atoms. The maximum absolute atomic E-state index is 13.1. The number of piperidine rings is 1. The highest BCUT2D eigenvalue weighted by Crippen LogP contribution is 2.26. The van der Waals surface area contributed by atoms with E-state index in [4.69, 9.17) is 4.42 Å². The lowest BCUT2D eigenvalue weighted by atomic mass is 9.95. The monoisotopic (exact) mass is 548 g/mol. The minimum atomic E-state index is -0.0572. The summed E-state index contributed by atoms with van der Waals surface area (Å²) in [5, 5.41) is 0. The Kier molecular flexibility index (Phi) is 9.13. The van der Waals surface area contributed by atoms with E-state index in [1.807, 2.05) is 61.5 Å². The number of rotatable bonds is 11. The van der Waals surface area contributed by atoms with Gasteiger partial charge in [-0.25, -0.2) is 0 Å². The fourth-order valence-electron chi connectivity index (χ4n) is 5.68. The van der Waals surface area contributed by atoms with Gasteiger partial charge in [0.1, 0.15) is 0 Å². The van der Waals surface area contributed by atoms with E-state index in [0.717, 1.165) is 66.6 Å². The number of ketones is 2. The van der Waals surface area contributed by atoms with Crippen LogP contribution in [0.1, 0.15) is 82.8 Å². The standard InChI is InChI=1S/C36H40N2O3/c1-4-5-10-28-11-6-7-12-32(28)23-33(39)31-19-17-30(18-20-31)29-15-13-27(14-16-29)22-34(40)35-26(3)37-36(41-35)38-21-8-9-25(2)24-38/h6-7,11-20,25H,4-5,8-10,21-24H2,1-3H3. The molecule has 212 valence electrons. The number of oxazole rings is 1. The van der Waals surface area contributed by atoms with Gasteiger partial charge < -0.3 is 9.32 Å². The van der Waals surface area contributed by atoms with Crippen molar-refractivity contribution in [2.45, 2.75) is 65.7 Å². The van der Waals surface area contributed by atoms with Crippen LogP contribution in [0.5, 0.6) is 0 Å². The molecule has 1 aromatic heterocycles. The maximum atomic E-state index is 13.1. The molecule has 0 saturated carbocycles. The Morgan fingerprint density at radius 1 is 0.902 bits per heavy atom. The minimum absolute atomic E-state index is 0.0572. The lowest BCUT2D eigenvalue weighted by Gasteiger charge is -2.29. The summed E-state index contributed by atoms with van der Waals surface area (Å²) in [5.74, 6) is 1.03. The van der Waals surface area contributed by atoms with Crippen LogP contribution < -0.4 is 4.90 Å². The van der Waals surface area contributed by atoms with E-state index in [0.29, 0.717) is 29.8 Å². The summed E-state index contributed by atoms with van der Waals surface area (Å²) in [7, 11) is 0. The van der Waals surface area contributed by atoms with Gasteiger partial charge in [0.05, 0.1) is 5.69 Å². The molecule has 1 atom stereocenters. The zero-order chi connectivity index (χ0) is 28.8. The predicted molar refractivity (Wildman–Crippen MR) is 165 cm³/mol. The summed E-state index contributed by atoms with van der Waals surface area (Å²) in [6, 6.07) is 24.7. The summed E-state index contributed by atoms with van der Waals surface area (Å²) in [5.41, 5.74) is 6.78. The topological polar surface area (TPSA) is 63.4 Å². The second-order valence-corrected chi connectivity index (χ2v) is 11.5. The number of unbranched alkanes of at least 4 members (excludes halogenated alkanes) is 1. The van der Waals surface area contributed by atoms with Crippen molar-refractivity contribution in [3.05, 3.63) is 107 Å². The van der Waals surface area contributed by atoms with Crippen LogP contribution in [0.15, 0.2) is 77.2 Å². The Morgan fingerprint density at radius 2 is 1.59 bits per heavy atom. The van der Waals surface area contributed by atoms with E-state index in [-0.39, 0.29) is 18.0 Å². The van der Waals surface area contributed by atoms with Crippen molar-refractivity contribution in [2.75, 3.05) is 18.0 Å². The highest BCUT2D eigenvalue weighted by Gasteiger charge is 2.24. The van der Waals surface area contributed by atoms with Crippen LogP contribution in [0, 0.1) is 12.8 Å². The third-order valence-corrected chi connectivity index (χ3v) is 8.09. The van der Waals surface area contributed by atoms with Crippen molar-refractivity contribution >= 4 is 17.6 Å². The first-order valence-electron chi connectivity index (χ1n) is 15.0. The Hall–Kier alpha value is -3.99. The van der Waals surface area contributed by atoms with Crippen LogP contribution in [0.4, 0.5) is 6.01 Å². The molecule has 41 heavy (non-hydrogen) atoms. The van der Waals surface area contributed by atoms with Crippen molar-refractivity contribution in [3.63, 3.8) is 0 Å². The molecule has 1 unspecified atom stereocenters. The van der Waals surface area contributed by atoms with Crippen LogP contribution in [0.3, 0.4) is 0 Å². The number of aryl methyl sites for hydroxylation is 2. The molecule has 5 nitrogen and oxygen atoms in total. The molecule has 1 fully saturated rings. The molecule has 0 radical (unpaired) electrons. The van der Waals surface area contributed by atoms with Gasteiger partial charge in [0.2, 0.25) is 5.78 Å². The smallest absolute Gasteiger partial charge is 0.298 e. The van der Waals surface area contributed by atoms with Gasteiger partial charge in [-0.2, -0.15) is 4.98 Å². The van der Waals surface area contributed by atoms with E-state index in [2.05, 4.69) is 41.9 Å². The van der Waals surface area contributed by atoms with Crippen LogP contribution >= 0.6 is 0 Å². The normalized spacial score (nSPS) is 15.2. The number of anilines is 1. The van der Waals surface area contributed by atoms with Gasteiger partial charge in [-0.15, -0.1) is 0 Å². The Bertz CT molecular complexity index is 1480. The quantitative estimate of drug-likeness (QED) is 0.177. The average molecular weight is 549 g/mol. The predicted octanol–water partition coefficient (Wildman–Crippen LogP) is 8.08. The molecule has 4 aromatic rings. The summed E-state index contributed by atoms with van der Waals surface area (Å²) in [4.78, 5) is 32.8. The Balaban J connectivity index is 1.21. The van der Waals surface area contributed by atoms with Crippen molar-refractivity contribution < 1.29 is 14.0 Å². The first-order valence-corrected chi connectivity index (χ1v) is 15.0. The summed E-state index contributed by atoms with van der Waals surface area (Å²) >= 11 is 0. The number of aromatic nitrogens is 1. The van der Waals surface area contributed by atoms with Crippen molar-refractivity contribution in [1.29, 1.82) is 0 Å². The maximum Gasteiger partial charge on any atom is 0.298 e. The minimum Gasteiger partial charge on any atom is -0.420 e. The van der Waals surface area contributed by atoms with Gasteiger partial charge in [-0.3, -0.25) is 9.59 Å². The van der Waals surface area contributed by atoms with Gasteiger partial charge >= 0.3 is 0 Å². The highest BCUT2D eigenvalue weighted by molar-refractivity contribution is 5.98. The average Bonchev–Trinajstić information content (AvgIpc) is 3.39. The van der Waals surface area contributed by atoms with E-state index in [1.165, 1.54) is 12.0 Å². The molecule has 0 N–H and O–H groups in total. The van der Waals surface area contributed by atoms with Crippen molar-refractivity contribution in [1.82, 2.24) is 4.98 Å². The van der Waals surface area contributed by atoms with Gasteiger partial charge in [0.15, 0.2) is 11.5 Å². The third kappa shape index (κ3) is 7.02. The SMILES string of the molecule is CCCCc1ccccc1CC(=O)c1ccc(-c2ccc(CC(=O)c3oc(N4CCCC(C)C4)nc3C)cc2)cc1. The summed E-state index contributed by atoms with van der Waals surface area (Å²) in [6.07, 6.45) is 6.30. The number of Topliss-reactive ketones (excluding diaryl/α,β-unsaturated/α-hetero) is 2. The molecule has 5 heteroatoms. The molecule has 1 aliphatic heterocycles. The molecule has 2 heterocycles. The van der Waals surface area contributed by atoms with Crippen LogP contribution in [0.25, 0.3) is 11.1 Å². The molecule has 3 aromatic carbocycles. The highest BCUT2D eigenvalue weighted by atomic mass is 16.4.